The number of aliphatic hydroxyl groups is 1. The van der Waals surface area contributed by atoms with Crippen molar-refractivity contribution in [3.05, 3.63) is 89.5 Å². The van der Waals surface area contributed by atoms with Gasteiger partial charge in [-0.25, -0.2) is 0 Å². The lowest BCUT2D eigenvalue weighted by atomic mass is 9.95. The molecule has 1 saturated heterocycles. The number of amides is 1. The molecule has 1 N–H and O–H groups in total. The number of likely N-dealkylation sites (tertiary alicyclic amines) is 1. The summed E-state index contributed by atoms with van der Waals surface area (Å²) in [6.45, 7) is 2.87. The summed E-state index contributed by atoms with van der Waals surface area (Å²) in [4.78, 5) is 27.8. The van der Waals surface area contributed by atoms with Crippen LogP contribution in [0.2, 0.25) is 0 Å². The van der Waals surface area contributed by atoms with Crippen LogP contribution < -0.4 is 18.9 Å². The topological polar surface area (TPSA) is 94.5 Å². The first-order valence-electron chi connectivity index (χ1n) is 12.4. The van der Waals surface area contributed by atoms with Gasteiger partial charge in [0.05, 0.1) is 39.0 Å². The maximum absolute atomic E-state index is 13.2. The smallest absolute Gasteiger partial charge is 0.295 e. The van der Waals surface area contributed by atoms with Crippen LogP contribution in [-0.2, 0) is 9.59 Å². The second kappa shape index (κ2) is 12.2. The minimum absolute atomic E-state index is 0.0202. The van der Waals surface area contributed by atoms with Crippen molar-refractivity contribution in [3.8, 4) is 23.0 Å². The third kappa shape index (κ3) is 5.75. The first-order valence-corrected chi connectivity index (χ1v) is 12.4. The molecule has 38 heavy (non-hydrogen) atoms. The number of carbonyl (C=O) groups excluding carboxylic acids is 2. The third-order valence-electron chi connectivity index (χ3n) is 6.23. The number of benzene rings is 3. The number of rotatable bonds is 11. The molecule has 8 heteroatoms. The molecule has 0 bridgehead atoms. The van der Waals surface area contributed by atoms with Crippen molar-refractivity contribution < 1.29 is 33.6 Å². The second-order valence-electron chi connectivity index (χ2n) is 8.66. The molecule has 0 radical (unpaired) electrons. The van der Waals surface area contributed by atoms with Gasteiger partial charge in [0.15, 0.2) is 0 Å². The molecule has 0 spiro atoms. The van der Waals surface area contributed by atoms with Crippen LogP contribution in [0, 0.1) is 0 Å². The van der Waals surface area contributed by atoms with Gasteiger partial charge in [-0.3, -0.25) is 9.59 Å². The van der Waals surface area contributed by atoms with Crippen molar-refractivity contribution in [1.29, 1.82) is 0 Å². The highest BCUT2D eigenvalue weighted by Gasteiger charge is 2.46. The molecule has 0 aromatic heterocycles. The molecule has 4 rings (SSSR count). The Kier molecular flexibility index (Phi) is 8.53. The Morgan fingerprint density at radius 3 is 1.82 bits per heavy atom. The Bertz CT molecular complexity index is 1280. The molecule has 8 nitrogen and oxygen atoms in total. The largest absolute Gasteiger partial charge is 0.507 e. The van der Waals surface area contributed by atoms with Crippen LogP contribution in [0.25, 0.3) is 5.76 Å². The van der Waals surface area contributed by atoms with E-state index >= 15 is 0 Å². The number of nitrogens with zero attached hydrogens (tertiary/aromatic N) is 1. The lowest BCUT2D eigenvalue weighted by Gasteiger charge is -2.25. The fourth-order valence-corrected chi connectivity index (χ4v) is 4.26. The number of hydrogen-bond acceptors (Lipinski definition) is 7. The van der Waals surface area contributed by atoms with Gasteiger partial charge < -0.3 is 29.0 Å². The van der Waals surface area contributed by atoms with E-state index in [1.54, 1.807) is 87.0 Å². The molecule has 1 atom stereocenters. The number of ketones is 1. The quantitative estimate of drug-likeness (QED) is 0.217. The zero-order valence-electron chi connectivity index (χ0n) is 21.7. The number of aliphatic hydroxyl groups excluding tert-OH is 1. The van der Waals surface area contributed by atoms with E-state index in [1.807, 2.05) is 6.92 Å². The lowest BCUT2D eigenvalue weighted by Crippen LogP contribution is -2.33. The first kappa shape index (κ1) is 26.6. The maximum atomic E-state index is 13.2. The number of carbonyl (C=O) groups is 2. The standard InChI is InChI=1S/C30H31NO7/c1-4-18-37-24-11-7-21(8-12-24)28(32)26-27(20-5-9-22(35-2)10-6-20)31(30(34)29(26)33)17-19-38-25-15-13-23(36-3)14-16-25/h5-16,27,32H,4,17-19H2,1-3H3/b28-26-. The van der Waals surface area contributed by atoms with Gasteiger partial charge in [-0.05, 0) is 72.6 Å². The van der Waals surface area contributed by atoms with Gasteiger partial charge in [-0.2, -0.15) is 0 Å². The predicted octanol–water partition coefficient (Wildman–Crippen LogP) is 4.99. The fraction of sp³-hybridized carbons (Fsp3) is 0.267. The number of methoxy groups -OCH3 is 2. The van der Waals surface area contributed by atoms with Gasteiger partial charge in [-0.1, -0.05) is 19.1 Å². The van der Waals surface area contributed by atoms with Crippen LogP contribution in [0.1, 0.15) is 30.5 Å². The van der Waals surface area contributed by atoms with E-state index in [2.05, 4.69) is 0 Å². The SMILES string of the molecule is CCCOc1ccc(/C(O)=C2/C(=O)C(=O)N(CCOc3ccc(OC)cc3)C2c2ccc(OC)cc2)cc1. The van der Waals surface area contributed by atoms with E-state index in [9.17, 15) is 14.7 Å². The van der Waals surface area contributed by atoms with E-state index < -0.39 is 17.7 Å². The molecule has 3 aromatic carbocycles. The molecule has 3 aromatic rings. The fourth-order valence-electron chi connectivity index (χ4n) is 4.26. The van der Waals surface area contributed by atoms with Crippen LogP contribution in [0.4, 0.5) is 0 Å². The van der Waals surface area contributed by atoms with E-state index in [4.69, 9.17) is 18.9 Å². The van der Waals surface area contributed by atoms with Gasteiger partial charge in [-0.15, -0.1) is 0 Å². The molecule has 0 aliphatic carbocycles. The molecule has 198 valence electrons. The van der Waals surface area contributed by atoms with Crippen LogP contribution in [0.3, 0.4) is 0 Å². The van der Waals surface area contributed by atoms with E-state index in [1.165, 1.54) is 4.90 Å². The Morgan fingerprint density at radius 2 is 1.26 bits per heavy atom. The van der Waals surface area contributed by atoms with Crippen molar-refractivity contribution in [3.63, 3.8) is 0 Å². The van der Waals surface area contributed by atoms with Crippen LogP contribution in [0.15, 0.2) is 78.4 Å². The predicted molar refractivity (Wildman–Crippen MR) is 143 cm³/mol. The average molecular weight is 518 g/mol. The normalized spacial score (nSPS) is 16.4. The molecule has 1 unspecified atom stereocenters. The summed E-state index contributed by atoms with van der Waals surface area (Å²) >= 11 is 0. The molecule has 1 heterocycles. The van der Waals surface area contributed by atoms with Crippen LogP contribution in [0.5, 0.6) is 23.0 Å². The molecule has 1 aliphatic rings. The maximum Gasteiger partial charge on any atom is 0.295 e. The highest BCUT2D eigenvalue weighted by Crippen LogP contribution is 2.40. The highest BCUT2D eigenvalue weighted by atomic mass is 16.5. The van der Waals surface area contributed by atoms with Gasteiger partial charge in [0.25, 0.3) is 11.7 Å². The first-order chi connectivity index (χ1) is 18.5. The summed E-state index contributed by atoms with van der Waals surface area (Å²) in [5.41, 5.74) is 1.10. The average Bonchev–Trinajstić information content (AvgIpc) is 3.21. The molecule has 1 fully saturated rings. The van der Waals surface area contributed by atoms with E-state index in [0.717, 1.165) is 6.42 Å². The van der Waals surface area contributed by atoms with Gasteiger partial charge >= 0.3 is 0 Å². The molecular formula is C30H31NO7. The number of Topliss-reactive ketones (excluding diaryl/α,β-unsaturated/α-hetero) is 1. The van der Waals surface area contributed by atoms with E-state index in [-0.39, 0.29) is 24.5 Å². The van der Waals surface area contributed by atoms with Crippen molar-refractivity contribution in [1.82, 2.24) is 4.90 Å². The summed E-state index contributed by atoms with van der Waals surface area (Å²) in [6, 6.07) is 20.2. The minimum Gasteiger partial charge on any atom is -0.507 e. The molecule has 1 amide bonds. The zero-order valence-corrected chi connectivity index (χ0v) is 21.7. The zero-order chi connectivity index (χ0) is 27.1. The summed E-state index contributed by atoms with van der Waals surface area (Å²) in [5, 5.41) is 11.2. The van der Waals surface area contributed by atoms with Crippen LogP contribution in [-0.4, -0.2) is 55.7 Å². The summed E-state index contributed by atoms with van der Waals surface area (Å²) < 4.78 is 21.9. The van der Waals surface area contributed by atoms with Crippen molar-refractivity contribution in [2.75, 3.05) is 34.0 Å². The molecule has 0 saturated carbocycles. The Morgan fingerprint density at radius 1 is 0.763 bits per heavy atom. The summed E-state index contributed by atoms with van der Waals surface area (Å²) in [7, 11) is 3.14. The summed E-state index contributed by atoms with van der Waals surface area (Å²) in [6.07, 6.45) is 0.870. The molecule has 1 aliphatic heterocycles. The van der Waals surface area contributed by atoms with Gasteiger partial charge in [0.1, 0.15) is 35.4 Å². The Hall–Kier alpha value is -4.46. The minimum atomic E-state index is -0.795. The Labute approximate surface area is 222 Å². The summed E-state index contributed by atoms with van der Waals surface area (Å²) in [5.74, 6) is 0.904. The highest BCUT2D eigenvalue weighted by molar-refractivity contribution is 6.46. The van der Waals surface area contributed by atoms with Gasteiger partial charge in [0.2, 0.25) is 0 Å². The molecular weight excluding hydrogens is 486 g/mol. The van der Waals surface area contributed by atoms with Gasteiger partial charge in [0, 0.05) is 5.56 Å². The lowest BCUT2D eigenvalue weighted by molar-refractivity contribution is -0.140. The number of hydrogen-bond donors (Lipinski definition) is 1. The van der Waals surface area contributed by atoms with E-state index in [0.29, 0.717) is 40.7 Å². The van der Waals surface area contributed by atoms with Crippen molar-refractivity contribution in [2.45, 2.75) is 19.4 Å². The Balaban J connectivity index is 1.64. The second-order valence-corrected chi connectivity index (χ2v) is 8.66. The number of ether oxygens (including phenoxy) is 4. The monoisotopic (exact) mass is 517 g/mol. The van der Waals surface area contributed by atoms with Crippen LogP contribution >= 0.6 is 0 Å². The van der Waals surface area contributed by atoms with Crippen molar-refractivity contribution >= 4 is 17.4 Å². The van der Waals surface area contributed by atoms with Crippen molar-refractivity contribution in [2.24, 2.45) is 0 Å². The third-order valence-corrected chi connectivity index (χ3v) is 6.23.